The molecule has 0 saturated carbocycles. The number of fused-ring (bicyclic) bond motifs is 1. The third kappa shape index (κ3) is 5.46. The molecule has 0 unspecified atom stereocenters. The van der Waals surface area contributed by atoms with Crippen LogP contribution in [0, 0.1) is 6.92 Å². The fraction of sp³-hybridized carbons (Fsp3) is 0.400. The normalized spacial score (nSPS) is 15.4. The number of guanidine groups is 1. The molecule has 2 aromatic carbocycles. The van der Waals surface area contributed by atoms with Crippen LogP contribution in [-0.2, 0) is 24.2 Å². The molecule has 6 nitrogen and oxygen atoms in total. The van der Waals surface area contributed by atoms with Crippen molar-refractivity contribution >= 4 is 16.9 Å². The molecular weight excluding hydrogens is 386 g/mol. The van der Waals surface area contributed by atoms with E-state index in [4.69, 9.17) is 4.74 Å². The van der Waals surface area contributed by atoms with Crippen LogP contribution in [0.3, 0.4) is 0 Å². The van der Waals surface area contributed by atoms with Crippen LogP contribution in [-0.4, -0.2) is 55.7 Å². The van der Waals surface area contributed by atoms with Gasteiger partial charge in [0.15, 0.2) is 5.96 Å². The molecule has 3 N–H and O–H groups in total. The molecule has 6 heteroatoms. The molecule has 164 valence electrons. The Morgan fingerprint density at radius 1 is 1.03 bits per heavy atom. The molecule has 1 fully saturated rings. The van der Waals surface area contributed by atoms with Gasteiger partial charge in [0.2, 0.25) is 0 Å². The monoisotopic (exact) mass is 419 g/mol. The number of aromatic amines is 1. The minimum absolute atomic E-state index is 0.756. The van der Waals surface area contributed by atoms with Gasteiger partial charge >= 0.3 is 0 Å². The first-order valence-electron chi connectivity index (χ1n) is 11.1. The van der Waals surface area contributed by atoms with E-state index in [1.807, 2.05) is 7.05 Å². The molecule has 0 spiro atoms. The lowest BCUT2D eigenvalue weighted by atomic mass is 10.1. The number of morpholine rings is 1. The predicted octanol–water partition coefficient (Wildman–Crippen LogP) is 3.22. The number of H-pyrrole nitrogens is 1. The molecule has 0 aliphatic carbocycles. The molecule has 0 bridgehead atoms. The first-order valence-corrected chi connectivity index (χ1v) is 11.1. The van der Waals surface area contributed by atoms with Crippen molar-refractivity contribution in [3.8, 4) is 0 Å². The molecule has 4 rings (SSSR count). The maximum Gasteiger partial charge on any atom is 0.191 e. The van der Waals surface area contributed by atoms with Crippen LogP contribution in [0.2, 0.25) is 0 Å². The smallest absolute Gasteiger partial charge is 0.191 e. The summed E-state index contributed by atoms with van der Waals surface area (Å²) in [6.07, 6.45) is 0.949. The number of rotatable bonds is 7. The Morgan fingerprint density at radius 2 is 1.77 bits per heavy atom. The van der Waals surface area contributed by atoms with Gasteiger partial charge in [-0.3, -0.25) is 9.89 Å². The van der Waals surface area contributed by atoms with E-state index in [0.29, 0.717) is 0 Å². The number of benzene rings is 2. The largest absolute Gasteiger partial charge is 0.379 e. The third-order valence-electron chi connectivity index (χ3n) is 5.98. The van der Waals surface area contributed by atoms with Gasteiger partial charge in [0.1, 0.15) is 0 Å². The van der Waals surface area contributed by atoms with Crippen LogP contribution in [0.25, 0.3) is 10.9 Å². The average Bonchev–Trinajstić information content (AvgIpc) is 3.12. The molecular formula is C25H33N5O. The van der Waals surface area contributed by atoms with Crippen molar-refractivity contribution in [1.82, 2.24) is 20.5 Å². The summed E-state index contributed by atoms with van der Waals surface area (Å²) in [6.45, 7) is 8.35. The first kappa shape index (κ1) is 21.4. The molecule has 1 aliphatic heterocycles. The quantitative estimate of drug-likeness (QED) is 0.406. The number of aryl methyl sites for hydroxylation is 1. The van der Waals surface area contributed by atoms with Crippen molar-refractivity contribution in [2.24, 2.45) is 4.99 Å². The van der Waals surface area contributed by atoms with E-state index in [0.717, 1.165) is 58.3 Å². The second kappa shape index (κ2) is 10.5. The fourth-order valence-corrected chi connectivity index (χ4v) is 4.25. The van der Waals surface area contributed by atoms with Gasteiger partial charge in [-0.2, -0.15) is 0 Å². The van der Waals surface area contributed by atoms with Crippen molar-refractivity contribution in [2.45, 2.75) is 26.4 Å². The van der Waals surface area contributed by atoms with E-state index in [-0.39, 0.29) is 0 Å². The lowest BCUT2D eigenvalue weighted by Gasteiger charge is -2.27. The molecule has 1 aliphatic rings. The summed E-state index contributed by atoms with van der Waals surface area (Å²) in [7, 11) is 1.83. The van der Waals surface area contributed by atoms with E-state index in [1.165, 1.54) is 33.3 Å². The second-order valence-corrected chi connectivity index (χ2v) is 8.03. The van der Waals surface area contributed by atoms with Crippen LogP contribution in [0.4, 0.5) is 0 Å². The second-order valence-electron chi connectivity index (χ2n) is 8.03. The van der Waals surface area contributed by atoms with Gasteiger partial charge in [0.25, 0.3) is 0 Å². The molecule has 0 radical (unpaired) electrons. The summed E-state index contributed by atoms with van der Waals surface area (Å²) in [5.41, 5.74) is 6.48. The van der Waals surface area contributed by atoms with E-state index < -0.39 is 0 Å². The Morgan fingerprint density at radius 3 is 2.58 bits per heavy atom. The van der Waals surface area contributed by atoms with E-state index >= 15 is 0 Å². The molecule has 1 aromatic heterocycles. The number of hydrogen-bond donors (Lipinski definition) is 3. The summed E-state index contributed by atoms with van der Waals surface area (Å²) in [5, 5.41) is 8.26. The van der Waals surface area contributed by atoms with Gasteiger partial charge in [-0.25, -0.2) is 0 Å². The van der Waals surface area contributed by atoms with Gasteiger partial charge in [0, 0.05) is 56.4 Å². The Bertz CT molecular complexity index is 1020. The van der Waals surface area contributed by atoms with E-state index in [9.17, 15) is 0 Å². The fourth-order valence-electron chi connectivity index (χ4n) is 4.25. The number of nitrogens with one attached hydrogen (secondary N) is 3. The minimum Gasteiger partial charge on any atom is -0.379 e. The maximum absolute atomic E-state index is 5.48. The first-order chi connectivity index (χ1) is 15.2. The lowest BCUT2D eigenvalue weighted by molar-refractivity contribution is 0.0341. The third-order valence-corrected chi connectivity index (χ3v) is 5.98. The topological polar surface area (TPSA) is 64.7 Å². The molecule has 0 amide bonds. The Kier molecular flexibility index (Phi) is 7.22. The molecule has 2 heterocycles. The summed E-state index contributed by atoms with van der Waals surface area (Å²) in [5.74, 6) is 0.832. The van der Waals surface area contributed by atoms with Crippen molar-refractivity contribution < 1.29 is 4.74 Å². The summed E-state index contributed by atoms with van der Waals surface area (Å²) < 4.78 is 5.48. The van der Waals surface area contributed by atoms with Crippen molar-refractivity contribution in [3.63, 3.8) is 0 Å². The van der Waals surface area contributed by atoms with Crippen LogP contribution in [0.15, 0.2) is 53.5 Å². The highest BCUT2D eigenvalue weighted by atomic mass is 16.5. The molecule has 0 atom stereocenters. The number of hydrogen-bond acceptors (Lipinski definition) is 3. The zero-order valence-corrected chi connectivity index (χ0v) is 18.6. The highest BCUT2D eigenvalue weighted by Crippen LogP contribution is 2.21. The Labute approximate surface area is 184 Å². The molecule has 1 saturated heterocycles. The standard InChI is InChI=1S/C25H33N5O/c1-19-22(23-9-5-6-10-24(23)29-19)11-12-27-25(26-2)28-17-20-7-3-4-8-21(20)18-30-13-15-31-16-14-30/h3-10,29H,11-18H2,1-2H3,(H2,26,27,28). The highest BCUT2D eigenvalue weighted by Gasteiger charge is 2.13. The lowest BCUT2D eigenvalue weighted by Crippen LogP contribution is -2.38. The number of ether oxygens (including phenoxy) is 1. The summed E-state index contributed by atoms with van der Waals surface area (Å²) in [6, 6.07) is 17.1. The van der Waals surface area contributed by atoms with Crippen molar-refractivity contribution in [1.29, 1.82) is 0 Å². The average molecular weight is 420 g/mol. The van der Waals surface area contributed by atoms with Gasteiger partial charge in [-0.05, 0) is 36.1 Å². The number of para-hydroxylation sites is 1. The van der Waals surface area contributed by atoms with Gasteiger partial charge in [0.05, 0.1) is 13.2 Å². The Balaban J connectivity index is 1.31. The SMILES string of the molecule is CN=C(NCCc1c(C)[nH]c2ccccc12)NCc1ccccc1CN1CCOCC1. The number of aromatic nitrogens is 1. The zero-order chi connectivity index (χ0) is 21.5. The minimum atomic E-state index is 0.756. The predicted molar refractivity (Wildman–Crippen MR) is 127 cm³/mol. The van der Waals surface area contributed by atoms with E-state index in [2.05, 4.69) is 81.0 Å². The van der Waals surface area contributed by atoms with Crippen LogP contribution in [0.1, 0.15) is 22.4 Å². The molecule has 3 aromatic rings. The Hall–Kier alpha value is -2.83. The van der Waals surface area contributed by atoms with Gasteiger partial charge in [-0.15, -0.1) is 0 Å². The van der Waals surface area contributed by atoms with Crippen LogP contribution >= 0.6 is 0 Å². The van der Waals surface area contributed by atoms with Crippen molar-refractivity contribution in [3.05, 3.63) is 70.9 Å². The molecule has 31 heavy (non-hydrogen) atoms. The maximum atomic E-state index is 5.48. The zero-order valence-electron chi connectivity index (χ0n) is 18.6. The number of aliphatic imine (C=N–C) groups is 1. The van der Waals surface area contributed by atoms with Gasteiger partial charge < -0.3 is 20.4 Å². The van der Waals surface area contributed by atoms with E-state index in [1.54, 1.807) is 0 Å². The van der Waals surface area contributed by atoms with Crippen LogP contribution < -0.4 is 10.6 Å². The van der Waals surface area contributed by atoms with Gasteiger partial charge in [-0.1, -0.05) is 42.5 Å². The number of nitrogens with zero attached hydrogens (tertiary/aromatic N) is 2. The highest BCUT2D eigenvalue weighted by molar-refractivity contribution is 5.84. The van der Waals surface area contributed by atoms with Crippen molar-refractivity contribution in [2.75, 3.05) is 39.9 Å². The summed E-state index contributed by atoms with van der Waals surface area (Å²) in [4.78, 5) is 10.3. The summed E-state index contributed by atoms with van der Waals surface area (Å²) >= 11 is 0. The van der Waals surface area contributed by atoms with Crippen LogP contribution in [0.5, 0.6) is 0 Å².